The highest BCUT2D eigenvalue weighted by atomic mass is 79.9. The van der Waals surface area contributed by atoms with Gasteiger partial charge in [0.2, 0.25) is 5.91 Å². The average molecular weight is 420 g/mol. The molecule has 3 aliphatic rings. The van der Waals surface area contributed by atoms with E-state index in [4.69, 9.17) is 0 Å². The molecule has 1 aliphatic heterocycles. The zero-order chi connectivity index (χ0) is 18.3. The zero-order valence-corrected chi connectivity index (χ0v) is 16.1. The van der Waals surface area contributed by atoms with Gasteiger partial charge < -0.3 is 10.6 Å². The Hall–Kier alpha value is -1.89. The summed E-state index contributed by atoms with van der Waals surface area (Å²) in [5, 5.41) is 5.89. The molecule has 4 amide bonds. The maximum absolute atomic E-state index is 12.6. The maximum atomic E-state index is 12.6. The Morgan fingerprint density at radius 3 is 2.85 bits per heavy atom. The number of carbonyl (C=O) groups excluding carboxylic acids is 3. The third-order valence-electron chi connectivity index (χ3n) is 5.78. The summed E-state index contributed by atoms with van der Waals surface area (Å²) in [6, 6.07) is 5.77. The molecule has 1 saturated carbocycles. The van der Waals surface area contributed by atoms with Crippen LogP contribution < -0.4 is 10.6 Å². The Balaban J connectivity index is 1.34. The lowest BCUT2D eigenvalue weighted by molar-refractivity contribution is -0.131. The van der Waals surface area contributed by atoms with Crippen LogP contribution in [0.25, 0.3) is 0 Å². The minimum Gasteiger partial charge on any atom is -0.349 e. The van der Waals surface area contributed by atoms with Crippen LogP contribution >= 0.6 is 15.9 Å². The second kappa shape index (κ2) is 6.68. The number of nitrogens with zero attached hydrogens (tertiary/aromatic N) is 1. The van der Waals surface area contributed by atoms with Crippen molar-refractivity contribution in [2.75, 3.05) is 6.54 Å². The van der Waals surface area contributed by atoms with Gasteiger partial charge in [0, 0.05) is 17.4 Å². The van der Waals surface area contributed by atoms with Gasteiger partial charge in [-0.05, 0) is 48.9 Å². The van der Waals surface area contributed by atoms with E-state index in [2.05, 4.69) is 32.6 Å². The first-order valence-corrected chi connectivity index (χ1v) is 10.00. The summed E-state index contributed by atoms with van der Waals surface area (Å²) < 4.78 is 1.04. The molecule has 26 heavy (non-hydrogen) atoms. The van der Waals surface area contributed by atoms with Gasteiger partial charge in [0.05, 0.1) is 6.04 Å². The van der Waals surface area contributed by atoms with E-state index >= 15 is 0 Å². The molecule has 7 heteroatoms. The van der Waals surface area contributed by atoms with Crippen molar-refractivity contribution in [2.45, 2.75) is 56.5 Å². The second-order valence-electron chi connectivity index (χ2n) is 7.43. The predicted molar refractivity (Wildman–Crippen MR) is 99.4 cm³/mol. The van der Waals surface area contributed by atoms with Gasteiger partial charge in [0.25, 0.3) is 5.91 Å². The molecule has 6 nitrogen and oxygen atoms in total. The summed E-state index contributed by atoms with van der Waals surface area (Å²) in [4.78, 5) is 38.3. The van der Waals surface area contributed by atoms with Crippen molar-refractivity contribution < 1.29 is 14.4 Å². The van der Waals surface area contributed by atoms with Crippen LogP contribution in [-0.2, 0) is 16.0 Å². The third kappa shape index (κ3) is 3.02. The Labute approximate surface area is 160 Å². The largest absolute Gasteiger partial charge is 0.349 e. The molecule has 0 radical (unpaired) electrons. The Kier molecular flexibility index (Phi) is 4.50. The fraction of sp³-hybridized carbons (Fsp3) is 0.526. The molecule has 1 unspecified atom stereocenters. The number of nitrogens with one attached hydrogen (secondary N) is 2. The molecule has 1 atom stereocenters. The standard InChI is InChI=1S/C19H22BrN3O3/c20-13-4-5-14-12(11-13)3-6-15(14)21-16(24)7-10-23-17(25)19(22-18(23)26)8-1-2-9-19/h4-5,11,15H,1-3,6-10H2,(H,21,24)(H,22,26). The highest BCUT2D eigenvalue weighted by Crippen LogP contribution is 2.35. The number of aryl methyl sites for hydroxylation is 1. The van der Waals surface area contributed by atoms with E-state index < -0.39 is 5.54 Å². The Bertz CT molecular complexity index is 773. The molecule has 1 aromatic carbocycles. The Morgan fingerprint density at radius 2 is 2.08 bits per heavy atom. The molecule has 1 saturated heterocycles. The fourth-order valence-electron chi connectivity index (χ4n) is 4.41. The SMILES string of the molecule is O=C(CCN1C(=O)NC2(CCCC2)C1=O)NC1CCc2cc(Br)ccc21. The molecule has 0 bridgehead atoms. The minimum atomic E-state index is -0.703. The van der Waals surface area contributed by atoms with Crippen LogP contribution in [0.4, 0.5) is 4.79 Å². The number of benzene rings is 1. The van der Waals surface area contributed by atoms with Gasteiger partial charge in [-0.15, -0.1) is 0 Å². The maximum Gasteiger partial charge on any atom is 0.325 e. The molecular weight excluding hydrogens is 398 g/mol. The first kappa shape index (κ1) is 17.5. The number of rotatable bonds is 4. The van der Waals surface area contributed by atoms with Gasteiger partial charge in [0.15, 0.2) is 0 Å². The van der Waals surface area contributed by atoms with E-state index in [1.807, 2.05) is 12.1 Å². The van der Waals surface area contributed by atoms with Crippen molar-refractivity contribution in [3.8, 4) is 0 Å². The smallest absolute Gasteiger partial charge is 0.325 e. The van der Waals surface area contributed by atoms with E-state index in [1.54, 1.807) is 0 Å². The lowest BCUT2D eigenvalue weighted by Gasteiger charge is -2.20. The van der Waals surface area contributed by atoms with Crippen molar-refractivity contribution in [1.29, 1.82) is 0 Å². The van der Waals surface area contributed by atoms with E-state index in [0.29, 0.717) is 12.8 Å². The van der Waals surface area contributed by atoms with Gasteiger partial charge in [-0.25, -0.2) is 4.79 Å². The summed E-state index contributed by atoms with van der Waals surface area (Å²) in [6.07, 6.45) is 5.27. The second-order valence-corrected chi connectivity index (χ2v) is 8.34. The highest BCUT2D eigenvalue weighted by Gasteiger charge is 2.52. The van der Waals surface area contributed by atoms with E-state index in [0.717, 1.165) is 35.7 Å². The van der Waals surface area contributed by atoms with Crippen LogP contribution in [0.2, 0.25) is 0 Å². The molecule has 4 rings (SSSR count). The van der Waals surface area contributed by atoms with Crippen LogP contribution in [0.15, 0.2) is 22.7 Å². The number of hydrogen-bond donors (Lipinski definition) is 2. The summed E-state index contributed by atoms with van der Waals surface area (Å²) in [5.41, 5.74) is 1.70. The van der Waals surface area contributed by atoms with Gasteiger partial charge in [-0.1, -0.05) is 34.8 Å². The van der Waals surface area contributed by atoms with Crippen LogP contribution in [0.1, 0.15) is 55.7 Å². The fourth-order valence-corrected chi connectivity index (χ4v) is 4.82. The van der Waals surface area contributed by atoms with Gasteiger partial charge in [-0.2, -0.15) is 0 Å². The van der Waals surface area contributed by atoms with Crippen molar-refractivity contribution in [1.82, 2.24) is 15.5 Å². The first-order valence-electron chi connectivity index (χ1n) is 9.20. The number of fused-ring (bicyclic) bond motifs is 1. The summed E-state index contributed by atoms with van der Waals surface area (Å²) in [7, 11) is 0. The quantitative estimate of drug-likeness (QED) is 0.736. The highest BCUT2D eigenvalue weighted by molar-refractivity contribution is 9.10. The van der Waals surface area contributed by atoms with Gasteiger partial charge in [-0.3, -0.25) is 14.5 Å². The molecule has 138 valence electrons. The summed E-state index contributed by atoms with van der Waals surface area (Å²) in [6.45, 7) is 0.137. The summed E-state index contributed by atoms with van der Waals surface area (Å²) in [5.74, 6) is -0.289. The average Bonchev–Trinajstić information content (AvgIpc) is 3.28. The topological polar surface area (TPSA) is 78.5 Å². The molecule has 2 fully saturated rings. The van der Waals surface area contributed by atoms with Crippen molar-refractivity contribution in [3.63, 3.8) is 0 Å². The molecule has 1 heterocycles. The molecule has 1 spiro atoms. The van der Waals surface area contributed by atoms with Crippen LogP contribution in [-0.4, -0.2) is 34.8 Å². The first-order chi connectivity index (χ1) is 12.5. The minimum absolute atomic E-state index is 0.00915. The molecule has 1 aromatic rings. The van der Waals surface area contributed by atoms with Gasteiger partial charge in [0.1, 0.15) is 5.54 Å². The zero-order valence-electron chi connectivity index (χ0n) is 14.5. The van der Waals surface area contributed by atoms with Crippen LogP contribution in [0.5, 0.6) is 0 Å². The van der Waals surface area contributed by atoms with Crippen LogP contribution in [0.3, 0.4) is 0 Å². The molecule has 2 aliphatic carbocycles. The number of carbonyl (C=O) groups is 3. The predicted octanol–water partition coefficient (Wildman–Crippen LogP) is 2.81. The van der Waals surface area contributed by atoms with E-state index in [1.165, 1.54) is 10.5 Å². The number of amides is 4. The van der Waals surface area contributed by atoms with Crippen LogP contribution in [0, 0.1) is 0 Å². The van der Waals surface area contributed by atoms with Crippen molar-refractivity contribution >= 4 is 33.8 Å². The lowest BCUT2D eigenvalue weighted by atomic mass is 9.98. The number of halogens is 1. The molecule has 2 N–H and O–H groups in total. The summed E-state index contributed by atoms with van der Waals surface area (Å²) >= 11 is 3.47. The van der Waals surface area contributed by atoms with Crippen molar-refractivity contribution in [2.24, 2.45) is 0 Å². The third-order valence-corrected chi connectivity index (χ3v) is 6.28. The normalized spacial score (nSPS) is 23.4. The number of hydrogen-bond acceptors (Lipinski definition) is 3. The van der Waals surface area contributed by atoms with Crippen molar-refractivity contribution in [3.05, 3.63) is 33.8 Å². The molecular formula is C19H22BrN3O3. The van der Waals surface area contributed by atoms with E-state index in [9.17, 15) is 14.4 Å². The number of imide groups is 1. The Morgan fingerprint density at radius 1 is 1.31 bits per heavy atom. The number of urea groups is 1. The monoisotopic (exact) mass is 419 g/mol. The van der Waals surface area contributed by atoms with E-state index in [-0.39, 0.29) is 36.9 Å². The molecule has 0 aromatic heterocycles. The van der Waals surface area contributed by atoms with Gasteiger partial charge >= 0.3 is 6.03 Å². The lowest BCUT2D eigenvalue weighted by Crippen LogP contribution is -2.44.